The monoisotopic (exact) mass is 314 g/mol. The van der Waals surface area contributed by atoms with E-state index in [0.717, 1.165) is 0 Å². The summed E-state index contributed by atoms with van der Waals surface area (Å²) in [6.45, 7) is 1.81. The lowest BCUT2D eigenvalue weighted by Crippen LogP contribution is -2.37. The van der Waals surface area contributed by atoms with Crippen molar-refractivity contribution in [1.82, 2.24) is 9.80 Å². The Labute approximate surface area is 126 Å². The second-order valence-corrected chi connectivity index (χ2v) is 5.32. The van der Waals surface area contributed by atoms with E-state index in [1.165, 1.54) is 23.1 Å². The average molecular weight is 315 g/mol. The van der Waals surface area contributed by atoms with Crippen LogP contribution in [0.4, 0.5) is 4.39 Å². The molecule has 0 aromatic heterocycles. The van der Waals surface area contributed by atoms with Gasteiger partial charge in [-0.05, 0) is 18.6 Å². The van der Waals surface area contributed by atoms with E-state index in [1.54, 1.807) is 4.90 Å². The van der Waals surface area contributed by atoms with Gasteiger partial charge in [0.15, 0.2) is 0 Å². The Morgan fingerprint density at radius 3 is 2.67 bits per heavy atom. The van der Waals surface area contributed by atoms with E-state index in [9.17, 15) is 14.0 Å². The Morgan fingerprint density at radius 2 is 2.00 bits per heavy atom. The summed E-state index contributed by atoms with van der Waals surface area (Å²) in [7, 11) is 0. The fourth-order valence-electron chi connectivity index (χ4n) is 2.38. The van der Waals surface area contributed by atoms with Crippen molar-refractivity contribution in [2.45, 2.75) is 6.42 Å². The molecule has 0 saturated carbocycles. The van der Waals surface area contributed by atoms with Crippen LogP contribution in [-0.4, -0.2) is 59.5 Å². The van der Waals surface area contributed by atoms with E-state index in [1.807, 2.05) is 0 Å². The van der Waals surface area contributed by atoms with Crippen LogP contribution in [0.5, 0.6) is 0 Å². The molecule has 1 amide bonds. The largest absolute Gasteiger partial charge is 0.480 e. The number of carbonyl (C=O) groups is 2. The van der Waals surface area contributed by atoms with Gasteiger partial charge in [0.1, 0.15) is 5.82 Å². The van der Waals surface area contributed by atoms with E-state index in [-0.39, 0.29) is 17.1 Å². The summed E-state index contributed by atoms with van der Waals surface area (Å²) in [5.74, 6) is -1.98. The van der Waals surface area contributed by atoms with Crippen molar-refractivity contribution in [1.29, 1.82) is 0 Å². The SMILES string of the molecule is O=C(O)CN1CCCN(C(=O)c2c(F)cccc2Cl)CC1. The summed E-state index contributed by atoms with van der Waals surface area (Å²) in [5, 5.41) is 8.88. The van der Waals surface area contributed by atoms with Crippen LogP contribution in [0.15, 0.2) is 18.2 Å². The minimum atomic E-state index is -0.896. The van der Waals surface area contributed by atoms with Crippen molar-refractivity contribution >= 4 is 23.5 Å². The van der Waals surface area contributed by atoms with Crippen LogP contribution in [0.3, 0.4) is 0 Å². The highest BCUT2D eigenvalue weighted by atomic mass is 35.5. The minimum Gasteiger partial charge on any atom is -0.480 e. The Kier molecular flexibility index (Phi) is 5.14. The van der Waals surface area contributed by atoms with Gasteiger partial charge in [-0.3, -0.25) is 14.5 Å². The quantitative estimate of drug-likeness (QED) is 0.922. The van der Waals surface area contributed by atoms with Crippen LogP contribution in [-0.2, 0) is 4.79 Å². The summed E-state index contributed by atoms with van der Waals surface area (Å²) in [5.41, 5.74) is -0.120. The molecule has 21 heavy (non-hydrogen) atoms. The number of hydrogen-bond acceptors (Lipinski definition) is 3. The lowest BCUT2D eigenvalue weighted by atomic mass is 10.1. The Bertz CT molecular complexity index is 533. The van der Waals surface area contributed by atoms with Gasteiger partial charge in [-0.2, -0.15) is 0 Å². The topological polar surface area (TPSA) is 60.9 Å². The second-order valence-electron chi connectivity index (χ2n) is 4.91. The Morgan fingerprint density at radius 1 is 1.24 bits per heavy atom. The number of nitrogens with zero attached hydrogens (tertiary/aromatic N) is 2. The first-order valence-corrected chi connectivity index (χ1v) is 7.04. The Hall–Kier alpha value is -1.66. The molecule has 114 valence electrons. The standard InChI is InChI=1S/C14H16ClFN2O3/c15-10-3-1-4-11(16)13(10)14(21)18-6-2-5-17(7-8-18)9-12(19)20/h1,3-4H,2,5-9H2,(H,19,20). The molecule has 1 aromatic rings. The van der Waals surface area contributed by atoms with Crippen molar-refractivity contribution in [3.05, 3.63) is 34.6 Å². The summed E-state index contributed by atoms with van der Waals surface area (Å²) in [6, 6.07) is 4.13. The van der Waals surface area contributed by atoms with Gasteiger partial charge in [0, 0.05) is 26.2 Å². The minimum absolute atomic E-state index is 0.0531. The van der Waals surface area contributed by atoms with Crippen LogP contribution in [0.25, 0.3) is 0 Å². The number of amides is 1. The molecule has 1 N–H and O–H groups in total. The molecule has 1 fully saturated rings. The maximum absolute atomic E-state index is 13.8. The lowest BCUT2D eigenvalue weighted by molar-refractivity contribution is -0.138. The number of benzene rings is 1. The van der Waals surface area contributed by atoms with Gasteiger partial charge < -0.3 is 10.0 Å². The number of aliphatic carboxylic acids is 1. The van der Waals surface area contributed by atoms with Crippen LogP contribution in [0.1, 0.15) is 16.8 Å². The van der Waals surface area contributed by atoms with E-state index in [0.29, 0.717) is 32.6 Å². The second kappa shape index (κ2) is 6.87. The summed E-state index contributed by atoms with van der Waals surface area (Å²) < 4.78 is 13.8. The summed E-state index contributed by atoms with van der Waals surface area (Å²) >= 11 is 5.91. The highest BCUT2D eigenvalue weighted by molar-refractivity contribution is 6.33. The zero-order valence-electron chi connectivity index (χ0n) is 11.4. The van der Waals surface area contributed by atoms with Gasteiger partial charge in [-0.15, -0.1) is 0 Å². The van der Waals surface area contributed by atoms with Crippen LogP contribution in [0.2, 0.25) is 5.02 Å². The van der Waals surface area contributed by atoms with Crippen LogP contribution in [0, 0.1) is 5.82 Å². The molecule has 1 aromatic carbocycles. The lowest BCUT2D eigenvalue weighted by Gasteiger charge is -2.21. The molecular formula is C14H16ClFN2O3. The first kappa shape index (κ1) is 15.7. The van der Waals surface area contributed by atoms with Crippen molar-refractivity contribution in [2.24, 2.45) is 0 Å². The third-order valence-electron chi connectivity index (χ3n) is 3.41. The fourth-order valence-corrected chi connectivity index (χ4v) is 2.63. The first-order valence-electron chi connectivity index (χ1n) is 6.66. The number of carboxylic acids is 1. The van der Waals surface area contributed by atoms with Crippen LogP contribution >= 0.6 is 11.6 Å². The Balaban J connectivity index is 2.08. The predicted molar refractivity (Wildman–Crippen MR) is 76.0 cm³/mol. The molecule has 1 aliphatic rings. The maximum Gasteiger partial charge on any atom is 0.317 e. The number of carboxylic acid groups (broad SMARTS) is 1. The molecule has 0 bridgehead atoms. The van der Waals surface area contributed by atoms with Crippen molar-refractivity contribution < 1.29 is 19.1 Å². The molecule has 0 unspecified atom stereocenters. The highest BCUT2D eigenvalue weighted by Gasteiger charge is 2.24. The summed E-state index contributed by atoms with van der Waals surface area (Å²) in [6.07, 6.45) is 0.644. The van der Waals surface area contributed by atoms with Crippen molar-refractivity contribution in [2.75, 3.05) is 32.7 Å². The first-order chi connectivity index (χ1) is 9.99. The van der Waals surface area contributed by atoms with E-state index in [4.69, 9.17) is 16.7 Å². The van der Waals surface area contributed by atoms with Gasteiger partial charge >= 0.3 is 5.97 Å². The van der Waals surface area contributed by atoms with Gasteiger partial charge in [0.2, 0.25) is 0 Å². The van der Waals surface area contributed by atoms with E-state index in [2.05, 4.69) is 0 Å². The third-order valence-corrected chi connectivity index (χ3v) is 3.73. The molecule has 5 nitrogen and oxygen atoms in total. The molecule has 0 radical (unpaired) electrons. The molecule has 0 spiro atoms. The molecule has 1 aliphatic heterocycles. The van der Waals surface area contributed by atoms with Crippen molar-refractivity contribution in [3.8, 4) is 0 Å². The van der Waals surface area contributed by atoms with E-state index < -0.39 is 17.7 Å². The number of rotatable bonds is 3. The van der Waals surface area contributed by atoms with Crippen LogP contribution < -0.4 is 0 Å². The highest BCUT2D eigenvalue weighted by Crippen LogP contribution is 2.21. The van der Waals surface area contributed by atoms with E-state index >= 15 is 0 Å². The number of hydrogen-bond donors (Lipinski definition) is 1. The average Bonchev–Trinajstić information content (AvgIpc) is 2.63. The fraction of sp³-hybridized carbons (Fsp3) is 0.429. The van der Waals surface area contributed by atoms with Gasteiger partial charge in [-0.25, -0.2) is 4.39 Å². The number of carbonyl (C=O) groups excluding carboxylic acids is 1. The van der Waals surface area contributed by atoms with Gasteiger partial charge in [-0.1, -0.05) is 17.7 Å². The molecule has 0 atom stereocenters. The van der Waals surface area contributed by atoms with Gasteiger partial charge in [0.25, 0.3) is 5.91 Å². The smallest absolute Gasteiger partial charge is 0.317 e. The zero-order chi connectivity index (χ0) is 15.4. The molecule has 0 aliphatic carbocycles. The predicted octanol–water partition coefficient (Wildman–Crippen LogP) is 1.71. The number of halogens is 2. The van der Waals surface area contributed by atoms with Gasteiger partial charge in [0.05, 0.1) is 17.1 Å². The summed E-state index contributed by atoms with van der Waals surface area (Å²) in [4.78, 5) is 26.4. The zero-order valence-corrected chi connectivity index (χ0v) is 12.1. The normalized spacial score (nSPS) is 16.6. The maximum atomic E-state index is 13.8. The van der Waals surface area contributed by atoms with Crippen molar-refractivity contribution in [3.63, 3.8) is 0 Å². The molecule has 7 heteroatoms. The molecular weight excluding hydrogens is 299 g/mol. The molecule has 2 rings (SSSR count). The molecule has 1 saturated heterocycles. The third kappa shape index (κ3) is 3.92. The molecule has 1 heterocycles.